The Kier molecular flexibility index (Phi) is 10.8. The summed E-state index contributed by atoms with van der Waals surface area (Å²) in [6.07, 6.45) is 10.6. The fraction of sp³-hybridized carbons (Fsp3) is 0.600. The summed E-state index contributed by atoms with van der Waals surface area (Å²) in [5, 5.41) is 9.15. The Bertz CT molecular complexity index is 269. The lowest BCUT2D eigenvalue weighted by molar-refractivity contribution is 0.475. The highest BCUT2D eigenvalue weighted by molar-refractivity contribution is 5.75. The van der Waals surface area contributed by atoms with E-state index in [1.807, 2.05) is 12.1 Å². The molecular formula is C15H24MgO. The van der Waals surface area contributed by atoms with Gasteiger partial charge in [-0.1, -0.05) is 57.6 Å². The van der Waals surface area contributed by atoms with Crippen LogP contribution >= 0.6 is 0 Å². The van der Waals surface area contributed by atoms with E-state index in [-0.39, 0.29) is 23.1 Å². The van der Waals surface area contributed by atoms with E-state index in [4.69, 9.17) is 5.11 Å². The predicted molar refractivity (Wildman–Crippen MR) is 75.6 cm³/mol. The molecule has 0 saturated heterocycles. The quantitative estimate of drug-likeness (QED) is 0.534. The molecule has 1 aromatic carbocycles. The second-order valence-electron chi connectivity index (χ2n) is 4.54. The van der Waals surface area contributed by atoms with E-state index in [0.29, 0.717) is 5.75 Å². The Morgan fingerprint density at radius 1 is 0.824 bits per heavy atom. The van der Waals surface area contributed by atoms with Crippen LogP contribution in [0.4, 0.5) is 0 Å². The minimum absolute atomic E-state index is 0. The van der Waals surface area contributed by atoms with Gasteiger partial charge in [-0.15, -0.1) is 0 Å². The number of hydrogen-bond acceptors (Lipinski definition) is 1. The molecule has 0 saturated carbocycles. The first kappa shape index (κ1) is 16.8. The van der Waals surface area contributed by atoms with E-state index in [2.05, 4.69) is 6.92 Å². The molecule has 17 heavy (non-hydrogen) atoms. The van der Waals surface area contributed by atoms with Crippen LogP contribution in [-0.2, 0) is 6.42 Å². The lowest BCUT2D eigenvalue weighted by atomic mass is 10.0. The second kappa shape index (κ2) is 10.9. The molecule has 0 aliphatic carbocycles. The van der Waals surface area contributed by atoms with Crippen LogP contribution in [0.15, 0.2) is 24.3 Å². The Morgan fingerprint density at radius 3 is 1.94 bits per heavy atom. The number of aryl methyl sites for hydroxylation is 1. The number of phenolic OH excluding ortho intramolecular Hbond substituents is 1. The van der Waals surface area contributed by atoms with Gasteiger partial charge in [0.1, 0.15) is 5.75 Å². The molecule has 2 radical (unpaired) electrons. The molecule has 92 valence electrons. The van der Waals surface area contributed by atoms with Crippen molar-refractivity contribution in [3.8, 4) is 5.75 Å². The molecular weight excluding hydrogens is 220 g/mol. The summed E-state index contributed by atoms with van der Waals surface area (Å²) in [4.78, 5) is 0. The van der Waals surface area contributed by atoms with Crippen LogP contribution < -0.4 is 0 Å². The normalized spacial score (nSPS) is 9.94. The first-order chi connectivity index (χ1) is 7.83. The number of rotatable bonds is 8. The predicted octanol–water partition coefficient (Wildman–Crippen LogP) is 4.30. The monoisotopic (exact) mass is 244 g/mol. The molecule has 0 aromatic heterocycles. The zero-order valence-electron chi connectivity index (χ0n) is 11.1. The molecule has 0 atom stereocenters. The summed E-state index contributed by atoms with van der Waals surface area (Å²) in [5.74, 6) is 0.364. The maximum Gasteiger partial charge on any atom is 0.115 e. The molecule has 1 nitrogen and oxygen atoms in total. The minimum atomic E-state index is 0. The average molecular weight is 245 g/mol. The van der Waals surface area contributed by atoms with Gasteiger partial charge >= 0.3 is 0 Å². The van der Waals surface area contributed by atoms with Crippen molar-refractivity contribution < 1.29 is 5.11 Å². The van der Waals surface area contributed by atoms with Gasteiger partial charge in [-0.2, -0.15) is 0 Å². The molecule has 1 aromatic rings. The molecule has 0 fully saturated rings. The fourth-order valence-corrected chi connectivity index (χ4v) is 1.95. The van der Waals surface area contributed by atoms with Crippen molar-refractivity contribution in [2.45, 2.75) is 58.3 Å². The maximum absolute atomic E-state index is 9.15. The molecule has 0 aliphatic heterocycles. The minimum Gasteiger partial charge on any atom is -0.508 e. The largest absolute Gasteiger partial charge is 0.508 e. The highest BCUT2D eigenvalue weighted by Crippen LogP contribution is 2.13. The molecule has 1 rings (SSSR count). The average Bonchev–Trinajstić information content (AvgIpc) is 2.30. The van der Waals surface area contributed by atoms with Crippen LogP contribution in [0.25, 0.3) is 0 Å². The summed E-state index contributed by atoms with van der Waals surface area (Å²) in [6.45, 7) is 2.25. The second-order valence-corrected chi connectivity index (χ2v) is 4.54. The highest BCUT2D eigenvalue weighted by Gasteiger charge is 1.94. The number of phenols is 1. The van der Waals surface area contributed by atoms with Crippen LogP contribution in [-0.4, -0.2) is 28.2 Å². The van der Waals surface area contributed by atoms with Gasteiger partial charge in [0.25, 0.3) is 0 Å². The molecule has 0 aliphatic rings. The SMILES string of the molecule is CCCCCCCCCc1ccc(O)cc1.[Mg]. The summed E-state index contributed by atoms with van der Waals surface area (Å²) < 4.78 is 0. The Hall–Kier alpha value is -0.214. The van der Waals surface area contributed by atoms with Crippen molar-refractivity contribution >= 4 is 23.1 Å². The highest BCUT2D eigenvalue weighted by atomic mass is 24.3. The molecule has 2 heteroatoms. The van der Waals surface area contributed by atoms with Crippen LogP contribution in [0.5, 0.6) is 5.75 Å². The van der Waals surface area contributed by atoms with Crippen molar-refractivity contribution in [3.63, 3.8) is 0 Å². The fourth-order valence-electron chi connectivity index (χ4n) is 1.95. The zero-order valence-corrected chi connectivity index (χ0v) is 12.5. The van der Waals surface area contributed by atoms with Crippen LogP contribution in [0, 0.1) is 0 Å². The van der Waals surface area contributed by atoms with Crippen LogP contribution in [0.2, 0.25) is 0 Å². The molecule has 0 heterocycles. The van der Waals surface area contributed by atoms with Gasteiger partial charge in [0, 0.05) is 23.1 Å². The van der Waals surface area contributed by atoms with E-state index in [1.165, 1.54) is 50.5 Å². The summed E-state index contributed by atoms with van der Waals surface area (Å²) in [5.41, 5.74) is 1.34. The van der Waals surface area contributed by atoms with Crippen molar-refractivity contribution in [1.82, 2.24) is 0 Å². The van der Waals surface area contributed by atoms with E-state index in [9.17, 15) is 0 Å². The summed E-state index contributed by atoms with van der Waals surface area (Å²) in [7, 11) is 0. The van der Waals surface area contributed by atoms with Gasteiger partial charge in [-0.25, -0.2) is 0 Å². The molecule has 1 N–H and O–H groups in total. The number of benzene rings is 1. The van der Waals surface area contributed by atoms with E-state index < -0.39 is 0 Å². The van der Waals surface area contributed by atoms with Crippen molar-refractivity contribution in [3.05, 3.63) is 29.8 Å². The zero-order chi connectivity index (χ0) is 11.6. The van der Waals surface area contributed by atoms with Crippen LogP contribution in [0.3, 0.4) is 0 Å². The third-order valence-electron chi connectivity index (χ3n) is 3.01. The lowest BCUT2D eigenvalue weighted by Gasteiger charge is -2.02. The van der Waals surface area contributed by atoms with Gasteiger partial charge in [-0.3, -0.25) is 0 Å². The van der Waals surface area contributed by atoms with E-state index >= 15 is 0 Å². The van der Waals surface area contributed by atoms with Gasteiger partial charge in [0.2, 0.25) is 0 Å². The third kappa shape index (κ3) is 8.50. The number of hydrogen-bond donors (Lipinski definition) is 1. The van der Waals surface area contributed by atoms with Gasteiger partial charge in [0.15, 0.2) is 0 Å². The molecule has 0 unspecified atom stereocenters. The van der Waals surface area contributed by atoms with Crippen LogP contribution in [0.1, 0.15) is 57.4 Å². The third-order valence-corrected chi connectivity index (χ3v) is 3.01. The summed E-state index contributed by atoms with van der Waals surface area (Å²) in [6, 6.07) is 7.59. The van der Waals surface area contributed by atoms with E-state index in [0.717, 1.165) is 6.42 Å². The van der Waals surface area contributed by atoms with Crippen molar-refractivity contribution in [2.24, 2.45) is 0 Å². The van der Waals surface area contributed by atoms with Crippen molar-refractivity contribution in [1.29, 1.82) is 0 Å². The standard InChI is InChI=1S/C15H24O.Mg/c1-2-3-4-5-6-7-8-9-14-10-12-15(16)13-11-14;/h10-13,16H,2-9H2,1H3;. The van der Waals surface area contributed by atoms with Gasteiger partial charge < -0.3 is 5.11 Å². The smallest absolute Gasteiger partial charge is 0.115 e. The number of aromatic hydroxyl groups is 1. The first-order valence-electron chi connectivity index (χ1n) is 6.61. The van der Waals surface area contributed by atoms with Gasteiger partial charge in [-0.05, 0) is 30.5 Å². The molecule has 0 bridgehead atoms. The Morgan fingerprint density at radius 2 is 1.35 bits per heavy atom. The van der Waals surface area contributed by atoms with E-state index in [1.54, 1.807) is 12.1 Å². The summed E-state index contributed by atoms with van der Waals surface area (Å²) >= 11 is 0. The maximum atomic E-state index is 9.15. The molecule has 0 spiro atoms. The lowest BCUT2D eigenvalue weighted by Crippen LogP contribution is -1.85. The Labute approximate surface area is 122 Å². The first-order valence-corrected chi connectivity index (χ1v) is 6.61. The number of unbranched alkanes of at least 4 members (excludes halogenated alkanes) is 6. The van der Waals surface area contributed by atoms with Crippen molar-refractivity contribution in [2.75, 3.05) is 0 Å². The van der Waals surface area contributed by atoms with Gasteiger partial charge in [0.05, 0.1) is 0 Å². The Balaban J connectivity index is 0.00000256. The topological polar surface area (TPSA) is 20.2 Å². The molecule has 0 amide bonds.